The molecule has 2 heterocycles. The van der Waals surface area contributed by atoms with Gasteiger partial charge in [0.15, 0.2) is 5.78 Å². The molecular formula is C15H17NO4. The molecule has 1 unspecified atom stereocenters. The highest BCUT2D eigenvalue weighted by Gasteiger charge is 2.46. The second-order valence-corrected chi connectivity index (χ2v) is 5.44. The summed E-state index contributed by atoms with van der Waals surface area (Å²) in [5.74, 6) is 1.31. The van der Waals surface area contributed by atoms with Gasteiger partial charge in [-0.25, -0.2) is 0 Å². The summed E-state index contributed by atoms with van der Waals surface area (Å²) in [4.78, 5) is 25.5. The molecule has 20 heavy (non-hydrogen) atoms. The molecule has 0 radical (unpaired) electrons. The number of Topliss-reactive ketones (excluding diaryl/α,β-unsaturated/α-hetero) is 1. The van der Waals surface area contributed by atoms with Gasteiger partial charge in [0.2, 0.25) is 5.91 Å². The Morgan fingerprint density at radius 1 is 1.45 bits per heavy atom. The largest absolute Gasteiger partial charge is 0.497 e. The van der Waals surface area contributed by atoms with Gasteiger partial charge in [0, 0.05) is 19.9 Å². The molecule has 2 aliphatic heterocycles. The first-order valence-electron chi connectivity index (χ1n) is 6.69. The van der Waals surface area contributed by atoms with E-state index in [1.165, 1.54) is 0 Å². The molecule has 106 valence electrons. The number of likely N-dealkylation sites (tertiary alicyclic amines) is 1. The smallest absolute Gasteiger partial charge is 0.219 e. The number of fused-ring (bicyclic) bond motifs is 1. The SMILES string of the molecule is COc1ccc2c(c1)C(=O)CC1(CCN(C(C)=O)C1)O2. The Kier molecular flexibility index (Phi) is 2.92. The second-order valence-electron chi connectivity index (χ2n) is 5.44. The van der Waals surface area contributed by atoms with E-state index in [9.17, 15) is 9.59 Å². The van der Waals surface area contributed by atoms with Crippen LogP contribution in [-0.4, -0.2) is 42.4 Å². The minimum atomic E-state index is -0.551. The third kappa shape index (κ3) is 2.03. The highest BCUT2D eigenvalue weighted by molar-refractivity contribution is 6.00. The molecule has 0 saturated carbocycles. The zero-order chi connectivity index (χ0) is 14.3. The van der Waals surface area contributed by atoms with Crippen LogP contribution in [0, 0.1) is 0 Å². The Morgan fingerprint density at radius 2 is 2.25 bits per heavy atom. The summed E-state index contributed by atoms with van der Waals surface area (Å²) in [6, 6.07) is 5.26. The van der Waals surface area contributed by atoms with E-state index in [-0.39, 0.29) is 11.7 Å². The van der Waals surface area contributed by atoms with Gasteiger partial charge in [-0.2, -0.15) is 0 Å². The number of ether oxygens (including phenoxy) is 2. The molecule has 0 N–H and O–H groups in total. The predicted molar refractivity (Wildman–Crippen MR) is 72.2 cm³/mol. The molecular weight excluding hydrogens is 258 g/mol. The van der Waals surface area contributed by atoms with Gasteiger partial charge in [0.1, 0.15) is 17.1 Å². The molecule has 5 heteroatoms. The molecule has 3 rings (SSSR count). The van der Waals surface area contributed by atoms with Gasteiger partial charge >= 0.3 is 0 Å². The van der Waals surface area contributed by atoms with Crippen LogP contribution >= 0.6 is 0 Å². The average Bonchev–Trinajstić information content (AvgIpc) is 2.82. The van der Waals surface area contributed by atoms with Crippen LogP contribution < -0.4 is 9.47 Å². The Bertz CT molecular complexity index is 583. The minimum absolute atomic E-state index is 0.0263. The molecule has 1 saturated heterocycles. The fraction of sp³-hybridized carbons (Fsp3) is 0.467. The summed E-state index contributed by atoms with van der Waals surface area (Å²) in [6.07, 6.45) is 1.01. The van der Waals surface area contributed by atoms with Crippen molar-refractivity contribution in [3.8, 4) is 11.5 Å². The molecule has 1 fully saturated rings. The van der Waals surface area contributed by atoms with Crippen LogP contribution in [0.15, 0.2) is 18.2 Å². The van der Waals surface area contributed by atoms with Crippen LogP contribution in [0.4, 0.5) is 0 Å². The number of carbonyl (C=O) groups excluding carboxylic acids is 2. The maximum absolute atomic E-state index is 12.4. The number of benzene rings is 1. The zero-order valence-electron chi connectivity index (χ0n) is 11.6. The van der Waals surface area contributed by atoms with Gasteiger partial charge in [0.25, 0.3) is 0 Å². The molecule has 0 bridgehead atoms. The molecule has 1 aromatic rings. The van der Waals surface area contributed by atoms with Crippen molar-refractivity contribution in [3.63, 3.8) is 0 Å². The number of rotatable bonds is 1. The molecule has 1 atom stereocenters. The fourth-order valence-corrected chi connectivity index (χ4v) is 2.94. The molecule has 1 aromatic carbocycles. The lowest BCUT2D eigenvalue weighted by molar-refractivity contribution is -0.128. The molecule has 1 amide bonds. The number of carbonyl (C=O) groups is 2. The van der Waals surface area contributed by atoms with Crippen LogP contribution in [0.5, 0.6) is 11.5 Å². The van der Waals surface area contributed by atoms with Crippen LogP contribution in [0.1, 0.15) is 30.1 Å². The standard InChI is InChI=1S/C15H17NO4/c1-10(17)16-6-5-15(9-16)8-13(18)12-7-11(19-2)3-4-14(12)20-15/h3-4,7H,5-6,8-9H2,1-2H3. The highest BCUT2D eigenvalue weighted by atomic mass is 16.5. The lowest BCUT2D eigenvalue weighted by Crippen LogP contribution is -2.45. The molecule has 5 nitrogen and oxygen atoms in total. The number of ketones is 1. The van der Waals surface area contributed by atoms with Crippen molar-refractivity contribution in [2.75, 3.05) is 20.2 Å². The van der Waals surface area contributed by atoms with E-state index in [1.54, 1.807) is 37.1 Å². The van der Waals surface area contributed by atoms with Crippen LogP contribution in [0.3, 0.4) is 0 Å². The summed E-state index contributed by atoms with van der Waals surface area (Å²) >= 11 is 0. The lowest BCUT2D eigenvalue weighted by Gasteiger charge is -2.34. The van der Waals surface area contributed by atoms with Gasteiger partial charge in [-0.05, 0) is 18.2 Å². The van der Waals surface area contributed by atoms with Crippen LogP contribution in [0.25, 0.3) is 0 Å². The van der Waals surface area contributed by atoms with Gasteiger partial charge in [0.05, 0.1) is 25.6 Å². The number of hydrogen-bond acceptors (Lipinski definition) is 4. The van der Waals surface area contributed by atoms with Crippen molar-refractivity contribution in [1.29, 1.82) is 0 Å². The molecule has 2 aliphatic rings. The Labute approximate surface area is 117 Å². The van der Waals surface area contributed by atoms with Crippen LogP contribution in [0.2, 0.25) is 0 Å². The molecule has 1 spiro atoms. The van der Waals surface area contributed by atoms with E-state index in [0.717, 1.165) is 0 Å². The van der Waals surface area contributed by atoms with Crippen molar-refractivity contribution < 1.29 is 19.1 Å². The number of nitrogens with zero attached hydrogens (tertiary/aromatic N) is 1. The average molecular weight is 275 g/mol. The summed E-state index contributed by atoms with van der Waals surface area (Å²) < 4.78 is 11.2. The summed E-state index contributed by atoms with van der Waals surface area (Å²) in [5.41, 5.74) is 0.0147. The minimum Gasteiger partial charge on any atom is -0.497 e. The Hall–Kier alpha value is -2.04. The quantitative estimate of drug-likeness (QED) is 0.782. The normalized spacial score (nSPS) is 24.5. The lowest BCUT2D eigenvalue weighted by atomic mass is 9.89. The second kappa shape index (κ2) is 4.51. The van der Waals surface area contributed by atoms with Crippen LogP contribution in [-0.2, 0) is 4.79 Å². The summed E-state index contributed by atoms with van der Waals surface area (Å²) in [6.45, 7) is 2.68. The van der Waals surface area contributed by atoms with E-state index < -0.39 is 5.60 Å². The monoisotopic (exact) mass is 275 g/mol. The maximum Gasteiger partial charge on any atom is 0.219 e. The van der Waals surface area contributed by atoms with Crippen molar-refractivity contribution in [2.24, 2.45) is 0 Å². The van der Waals surface area contributed by atoms with Gasteiger partial charge < -0.3 is 14.4 Å². The van der Waals surface area contributed by atoms with E-state index in [1.807, 2.05) is 0 Å². The highest BCUT2D eigenvalue weighted by Crippen LogP contribution is 2.39. The van der Waals surface area contributed by atoms with E-state index in [2.05, 4.69) is 0 Å². The zero-order valence-corrected chi connectivity index (χ0v) is 11.6. The van der Waals surface area contributed by atoms with Crippen molar-refractivity contribution in [1.82, 2.24) is 4.90 Å². The first-order valence-corrected chi connectivity index (χ1v) is 6.69. The van der Waals surface area contributed by atoms with E-state index in [0.29, 0.717) is 43.0 Å². The fourth-order valence-electron chi connectivity index (χ4n) is 2.94. The number of amides is 1. The van der Waals surface area contributed by atoms with Gasteiger partial charge in [-0.3, -0.25) is 9.59 Å². The van der Waals surface area contributed by atoms with E-state index in [4.69, 9.17) is 9.47 Å². The maximum atomic E-state index is 12.4. The van der Waals surface area contributed by atoms with Crippen molar-refractivity contribution >= 4 is 11.7 Å². The first-order chi connectivity index (χ1) is 9.53. The third-order valence-electron chi connectivity index (χ3n) is 4.06. The predicted octanol–water partition coefficient (Wildman–Crippen LogP) is 1.65. The first kappa shape index (κ1) is 13.0. The Morgan fingerprint density at radius 3 is 2.90 bits per heavy atom. The number of methoxy groups -OCH3 is 1. The third-order valence-corrected chi connectivity index (χ3v) is 4.06. The topological polar surface area (TPSA) is 55.8 Å². The molecule has 0 aliphatic carbocycles. The number of hydrogen-bond donors (Lipinski definition) is 0. The Balaban J connectivity index is 1.90. The van der Waals surface area contributed by atoms with Crippen molar-refractivity contribution in [2.45, 2.75) is 25.4 Å². The molecule has 0 aromatic heterocycles. The van der Waals surface area contributed by atoms with Gasteiger partial charge in [-0.15, -0.1) is 0 Å². The van der Waals surface area contributed by atoms with Gasteiger partial charge in [-0.1, -0.05) is 0 Å². The summed E-state index contributed by atoms with van der Waals surface area (Å²) in [7, 11) is 1.57. The summed E-state index contributed by atoms with van der Waals surface area (Å²) in [5, 5.41) is 0. The van der Waals surface area contributed by atoms with Crippen molar-refractivity contribution in [3.05, 3.63) is 23.8 Å². The van der Waals surface area contributed by atoms with E-state index >= 15 is 0 Å².